The van der Waals surface area contributed by atoms with Gasteiger partial charge in [0.1, 0.15) is 11.6 Å². The summed E-state index contributed by atoms with van der Waals surface area (Å²) in [5, 5.41) is 25.1. The minimum atomic E-state index is -0.522. The largest absolute Gasteiger partial charge is 0.504 e. The highest BCUT2D eigenvalue weighted by atomic mass is 35.5. The quantitative estimate of drug-likeness (QED) is 0.653. The van der Waals surface area contributed by atoms with Crippen molar-refractivity contribution in [2.24, 2.45) is 5.73 Å². The number of allylic oxidation sites excluding steroid dienone is 1. The lowest BCUT2D eigenvalue weighted by atomic mass is 9.84. The summed E-state index contributed by atoms with van der Waals surface area (Å²) in [5.41, 5.74) is 9.24. The van der Waals surface area contributed by atoms with Crippen LogP contribution >= 0.6 is 11.6 Å². The van der Waals surface area contributed by atoms with Crippen LogP contribution in [0.2, 0.25) is 5.02 Å². The van der Waals surface area contributed by atoms with Crippen molar-refractivity contribution in [2.45, 2.75) is 19.8 Å². The third-order valence-corrected chi connectivity index (χ3v) is 5.14. The van der Waals surface area contributed by atoms with Gasteiger partial charge in [0.2, 0.25) is 11.8 Å². The number of ether oxygens (including phenoxy) is 2. The summed E-state index contributed by atoms with van der Waals surface area (Å²) in [6, 6.07) is 14.3. The zero-order valence-electron chi connectivity index (χ0n) is 16.4. The Bertz CT molecular complexity index is 1210. The van der Waals surface area contributed by atoms with Crippen LogP contribution in [0.3, 0.4) is 0 Å². The molecule has 0 radical (unpaired) electrons. The molecule has 1 atom stereocenters. The van der Waals surface area contributed by atoms with Crippen LogP contribution in [0.1, 0.15) is 29.7 Å². The van der Waals surface area contributed by atoms with Crippen molar-refractivity contribution in [2.75, 3.05) is 6.61 Å². The number of benzene rings is 2. The molecule has 1 aliphatic heterocycles. The number of hydrogen-bond acceptors (Lipinski definition) is 6. The van der Waals surface area contributed by atoms with Crippen LogP contribution in [0.25, 0.3) is 5.69 Å². The Balaban J connectivity index is 1.93. The smallest absolute Gasteiger partial charge is 0.229 e. The Labute approximate surface area is 178 Å². The molecule has 0 fully saturated rings. The monoisotopic (exact) mass is 422 g/mol. The van der Waals surface area contributed by atoms with Crippen molar-refractivity contribution in [3.8, 4) is 29.1 Å². The number of fused-ring (bicyclic) bond motifs is 1. The fourth-order valence-corrected chi connectivity index (χ4v) is 3.80. The summed E-state index contributed by atoms with van der Waals surface area (Å²) < 4.78 is 13.0. The Morgan fingerprint density at radius 3 is 2.83 bits per heavy atom. The van der Waals surface area contributed by atoms with E-state index in [1.807, 2.05) is 26.0 Å². The zero-order chi connectivity index (χ0) is 21.4. The van der Waals surface area contributed by atoms with Crippen molar-refractivity contribution >= 4 is 11.6 Å². The van der Waals surface area contributed by atoms with Crippen molar-refractivity contribution in [1.29, 1.82) is 5.26 Å². The van der Waals surface area contributed by atoms with Gasteiger partial charge in [0.25, 0.3) is 0 Å². The maximum Gasteiger partial charge on any atom is 0.229 e. The van der Waals surface area contributed by atoms with Gasteiger partial charge in [0.05, 0.1) is 29.5 Å². The lowest BCUT2D eigenvalue weighted by Gasteiger charge is -2.25. The first-order chi connectivity index (χ1) is 14.4. The van der Waals surface area contributed by atoms with Crippen LogP contribution in [0.5, 0.6) is 17.4 Å². The van der Waals surface area contributed by atoms with Crippen LogP contribution in [0.15, 0.2) is 53.9 Å². The number of aromatic hydroxyl groups is 1. The number of rotatable bonds is 4. The number of nitrogens with zero attached hydrogens (tertiary/aromatic N) is 3. The summed E-state index contributed by atoms with van der Waals surface area (Å²) in [4.78, 5) is 0. The first kappa shape index (κ1) is 19.7. The standard InChI is InChI=1S/C22H19ClN4O3/c1-3-29-18-9-13(7-8-17(18)28)20-16(11-24)21(25)30-22-19(20)12(2)26-27(22)15-6-4-5-14(23)10-15/h4-10,20,28H,3,25H2,1-2H3/t20-/m0/s1. The van der Waals surface area contributed by atoms with E-state index >= 15 is 0 Å². The minimum Gasteiger partial charge on any atom is -0.504 e. The molecule has 4 rings (SSSR count). The molecule has 1 aromatic heterocycles. The SMILES string of the molecule is CCOc1cc([C@H]2C(C#N)=C(N)Oc3c2c(C)nn3-c2cccc(Cl)c2)ccc1O. The van der Waals surface area contributed by atoms with E-state index in [1.165, 1.54) is 6.07 Å². The van der Waals surface area contributed by atoms with E-state index < -0.39 is 5.92 Å². The molecular formula is C22H19ClN4O3. The molecule has 0 aliphatic carbocycles. The number of hydrogen-bond donors (Lipinski definition) is 2. The van der Waals surface area contributed by atoms with Crippen molar-refractivity contribution in [3.63, 3.8) is 0 Å². The van der Waals surface area contributed by atoms with Gasteiger partial charge < -0.3 is 20.3 Å². The van der Waals surface area contributed by atoms with Gasteiger partial charge in [-0.2, -0.15) is 10.4 Å². The van der Waals surface area contributed by atoms with E-state index in [2.05, 4.69) is 11.2 Å². The van der Waals surface area contributed by atoms with Gasteiger partial charge in [-0.1, -0.05) is 23.7 Å². The van der Waals surface area contributed by atoms with Crippen LogP contribution in [-0.2, 0) is 0 Å². The minimum absolute atomic E-state index is 0.00390. The second kappa shape index (κ2) is 7.65. The van der Waals surface area contributed by atoms with Gasteiger partial charge in [0.15, 0.2) is 11.5 Å². The molecule has 0 spiro atoms. The van der Waals surface area contributed by atoms with Gasteiger partial charge in [-0.15, -0.1) is 0 Å². The molecule has 0 unspecified atom stereocenters. The maximum absolute atomic E-state index is 10.1. The fraction of sp³-hybridized carbons (Fsp3) is 0.182. The summed E-state index contributed by atoms with van der Waals surface area (Å²) in [6.45, 7) is 4.07. The van der Waals surface area contributed by atoms with Crippen molar-refractivity contribution in [1.82, 2.24) is 9.78 Å². The first-order valence-electron chi connectivity index (χ1n) is 9.33. The third-order valence-electron chi connectivity index (χ3n) is 4.90. The number of aryl methyl sites for hydroxylation is 1. The second-order valence-electron chi connectivity index (χ2n) is 6.78. The van der Waals surface area contributed by atoms with Crippen LogP contribution in [0, 0.1) is 18.3 Å². The van der Waals surface area contributed by atoms with Gasteiger partial charge >= 0.3 is 0 Å². The molecule has 3 N–H and O–H groups in total. The molecule has 2 aromatic carbocycles. The number of aromatic nitrogens is 2. The molecule has 0 bridgehead atoms. The lowest BCUT2D eigenvalue weighted by Crippen LogP contribution is -2.22. The zero-order valence-corrected chi connectivity index (χ0v) is 17.1. The second-order valence-corrected chi connectivity index (χ2v) is 7.22. The summed E-state index contributed by atoms with van der Waals surface area (Å²) in [6.07, 6.45) is 0. The third kappa shape index (κ3) is 3.21. The molecule has 7 nitrogen and oxygen atoms in total. The molecular weight excluding hydrogens is 404 g/mol. The highest BCUT2D eigenvalue weighted by Gasteiger charge is 2.36. The summed E-state index contributed by atoms with van der Waals surface area (Å²) in [7, 11) is 0. The molecule has 0 saturated heterocycles. The average Bonchev–Trinajstić information content (AvgIpc) is 3.05. The maximum atomic E-state index is 10.1. The predicted octanol–water partition coefficient (Wildman–Crippen LogP) is 4.16. The number of phenolic OH excluding ortho intramolecular Hbond substituents is 1. The Kier molecular flexibility index (Phi) is 5.02. The van der Waals surface area contributed by atoms with Gasteiger partial charge in [-0.3, -0.25) is 0 Å². The summed E-state index contributed by atoms with van der Waals surface area (Å²) >= 11 is 6.15. The highest BCUT2D eigenvalue weighted by molar-refractivity contribution is 6.30. The van der Waals surface area contributed by atoms with E-state index in [1.54, 1.807) is 28.9 Å². The molecule has 2 heterocycles. The van der Waals surface area contributed by atoms with Crippen molar-refractivity contribution < 1.29 is 14.6 Å². The Morgan fingerprint density at radius 2 is 2.13 bits per heavy atom. The van der Waals surface area contributed by atoms with Crippen LogP contribution in [-0.4, -0.2) is 21.5 Å². The van der Waals surface area contributed by atoms with E-state index in [0.717, 1.165) is 5.56 Å². The van der Waals surface area contributed by atoms with E-state index in [-0.39, 0.29) is 17.2 Å². The normalized spacial score (nSPS) is 15.3. The molecule has 152 valence electrons. The topological polar surface area (TPSA) is 106 Å². The number of phenols is 1. The highest BCUT2D eigenvalue weighted by Crippen LogP contribution is 2.46. The van der Waals surface area contributed by atoms with E-state index in [9.17, 15) is 10.4 Å². The van der Waals surface area contributed by atoms with Crippen molar-refractivity contribution in [3.05, 3.63) is 75.8 Å². The number of nitriles is 1. The molecule has 8 heteroatoms. The summed E-state index contributed by atoms with van der Waals surface area (Å²) in [5.74, 6) is 0.256. The Morgan fingerprint density at radius 1 is 1.33 bits per heavy atom. The molecule has 1 aliphatic rings. The molecule has 3 aromatic rings. The first-order valence-corrected chi connectivity index (χ1v) is 9.71. The Hall–Kier alpha value is -3.63. The van der Waals surface area contributed by atoms with Gasteiger partial charge in [-0.25, -0.2) is 4.68 Å². The van der Waals surface area contributed by atoms with Crippen LogP contribution in [0.4, 0.5) is 0 Å². The van der Waals surface area contributed by atoms with E-state index in [4.69, 9.17) is 26.8 Å². The number of halogens is 1. The lowest BCUT2D eigenvalue weighted by molar-refractivity contribution is 0.317. The molecule has 0 amide bonds. The number of nitrogens with two attached hydrogens (primary N) is 1. The average molecular weight is 423 g/mol. The fourth-order valence-electron chi connectivity index (χ4n) is 3.61. The van der Waals surface area contributed by atoms with Gasteiger partial charge in [0, 0.05) is 5.02 Å². The predicted molar refractivity (Wildman–Crippen MR) is 112 cm³/mol. The van der Waals surface area contributed by atoms with E-state index in [0.29, 0.717) is 40.2 Å². The molecule has 0 saturated carbocycles. The molecule has 30 heavy (non-hydrogen) atoms. The van der Waals surface area contributed by atoms with Gasteiger partial charge in [-0.05, 0) is 49.7 Å². The van der Waals surface area contributed by atoms with Crippen LogP contribution < -0.4 is 15.2 Å².